The van der Waals surface area contributed by atoms with Gasteiger partial charge in [-0.2, -0.15) is 9.61 Å². The summed E-state index contributed by atoms with van der Waals surface area (Å²) < 4.78 is 7.23. The molecule has 0 N–H and O–H groups in total. The maximum absolute atomic E-state index is 11.6. The molecule has 0 saturated carbocycles. The van der Waals surface area contributed by atoms with E-state index in [2.05, 4.69) is 30.5 Å². The van der Waals surface area contributed by atoms with Crippen LogP contribution in [-0.2, 0) is 0 Å². The number of imidazole rings is 1. The fraction of sp³-hybridized carbons (Fsp3) is 0.278. The van der Waals surface area contributed by atoms with Crippen molar-refractivity contribution in [2.75, 3.05) is 6.61 Å². The Bertz CT molecular complexity index is 891. The number of fused-ring (bicyclic) bond motifs is 1. The number of rotatable bonds is 6. The number of nitrogens with zero attached hydrogens (tertiary/aromatic N) is 3. The smallest absolute Gasteiger partial charge is 0.213 e. The number of hydrogen-bond donors (Lipinski definition) is 0. The minimum atomic E-state index is 0.310. The third-order valence-corrected chi connectivity index (χ3v) is 4.68. The molecule has 0 amide bonds. The van der Waals surface area contributed by atoms with Crippen molar-refractivity contribution in [2.45, 2.75) is 26.7 Å². The van der Waals surface area contributed by atoms with Crippen LogP contribution in [0.3, 0.4) is 0 Å². The topological polar surface area (TPSA) is 56.5 Å². The SMILES string of the molecule is C=C(C)COc1ccc(-c2nc3sc(C(C)C)nn3c2C=O)cc1. The summed E-state index contributed by atoms with van der Waals surface area (Å²) >= 11 is 1.51. The van der Waals surface area contributed by atoms with Gasteiger partial charge in [-0.15, -0.1) is 0 Å². The van der Waals surface area contributed by atoms with Crippen molar-refractivity contribution in [1.82, 2.24) is 14.6 Å². The molecule has 0 saturated heterocycles. The summed E-state index contributed by atoms with van der Waals surface area (Å²) in [5.74, 6) is 1.07. The maximum Gasteiger partial charge on any atom is 0.213 e. The van der Waals surface area contributed by atoms with E-state index in [0.29, 0.717) is 23.9 Å². The van der Waals surface area contributed by atoms with Crippen LogP contribution >= 0.6 is 11.3 Å². The Labute approximate surface area is 144 Å². The summed E-state index contributed by atoms with van der Waals surface area (Å²) in [4.78, 5) is 16.9. The summed E-state index contributed by atoms with van der Waals surface area (Å²) in [6, 6.07) is 7.54. The summed E-state index contributed by atoms with van der Waals surface area (Å²) in [6.07, 6.45) is 0.810. The number of ether oxygens (including phenoxy) is 1. The van der Waals surface area contributed by atoms with Crippen LogP contribution in [0, 0.1) is 0 Å². The Balaban J connectivity index is 1.95. The second kappa shape index (κ2) is 6.57. The highest BCUT2D eigenvalue weighted by atomic mass is 32.1. The monoisotopic (exact) mass is 341 g/mol. The van der Waals surface area contributed by atoms with Crippen molar-refractivity contribution < 1.29 is 9.53 Å². The third-order valence-electron chi connectivity index (χ3n) is 3.47. The summed E-state index contributed by atoms with van der Waals surface area (Å²) in [5.41, 5.74) is 2.95. The molecule has 1 aromatic carbocycles. The van der Waals surface area contributed by atoms with E-state index >= 15 is 0 Å². The van der Waals surface area contributed by atoms with Gasteiger partial charge in [-0.1, -0.05) is 31.8 Å². The fourth-order valence-electron chi connectivity index (χ4n) is 2.25. The van der Waals surface area contributed by atoms with Crippen LogP contribution in [0.4, 0.5) is 0 Å². The predicted octanol–water partition coefficient (Wildman–Crippen LogP) is 4.35. The predicted molar refractivity (Wildman–Crippen MR) is 96.1 cm³/mol. The van der Waals surface area contributed by atoms with E-state index in [1.807, 2.05) is 31.2 Å². The van der Waals surface area contributed by atoms with Gasteiger partial charge >= 0.3 is 0 Å². The number of aromatic nitrogens is 3. The number of aldehydes is 1. The standard InChI is InChI=1S/C18H19N3O2S/c1-11(2)10-23-14-7-5-13(6-8-14)16-15(9-22)21-18(19-16)24-17(20-21)12(3)4/h5-9,12H,1,10H2,2-4H3. The van der Waals surface area contributed by atoms with Crippen LogP contribution in [0.15, 0.2) is 36.4 Å². The molecule has 0 atom stereocenters. The lowest BCUT2D eigenvalue weighted by Gasteiger charge is -2.06. The Kier molecular flexibility index (Phi) is 4.49. The van der Waals surface area contributed by atoms with E-state index in [4.69, 9.17) is 4.74 Å². The third kappa shape index (κ3) is 3.10. The lowest BCUT2D eigenvalue weighted by Crippen LogP contribution is -1.98. The molecule has 0 fully saturated rings. The molecular formula is C18H19N3O2S. The molecule has 2 aromatic heterocycles. The molecule has 2 heterocycles. The van der Waals surface area contributed by atoms with Gasteiger partial charge < -0.3 is 4.74 Å². The lowest BCUT2D eigenvalue weighted by molar-refractivity contribution is 0.111. The first kappa shape index (κ1) is 16.4. The number of hydrogen-bond acceptors (Lipinski definition) is 5. The molecule has 3 rings (SSSR count). The van der Waals surface area contributed by atoms with E-state index < -0.39 is 0 Å². The molecule has 0 unspecified atom stereocenters. The normalized spacial score (nSPS) is 11.2. The van der Waals surface area contributed by atoms with Crippen molar-refractivity contribution in [3.63, 3.8) is 0 Å². The summed E-state index contributed by atoms with van der Waals surface area (Å²) in [5, 5.41) is 5.47. The van der Waals surface area contributed by atoms with Crippen molar-refractivity contribution in [3.05, 3.63) is 47.1 Å². The van der Waals surface area contributed by atoms with Gasteiger partial charge in [-0.3, -0.25) is 4.79 Å². The quantitative estimate of drug-likeness (QED) is 0.494. The molecule has 3 aromatic rings. The molecule has 0 aliphatic rings. The van der Waals surface area contributed by atoms with Crippen LogP contribution in [-0.4, -0.2) is 27.5 Å². The number of carbonyl (C=O) groups is 1. The fourth-order valence-corrected chi connectivity index (χ4v) is 3.15. The Morgan fingerprint density at radius 1 is 1.38 bits per heavy atom. The Morgan fingerprint density at radius 3 is 2.67 bits per heavy atom. The second-order valence-electron chi connectivity index (χ2n) is 6.02. The first-order valence-electron chi connectivity index (χ1n) is 7.72. The van der Waals surface area contributed by atoms with Crippen LogP contribution in [0.2, 0.25) is 0 Å². The van der Waals surface area contributed by atoms with Crippen LogP contribution in [0.5, 0.6) is 5.75 Å². The maximum atomic E-state index is 11.6. The highest BCUT2D eigenvalue weighted by molar-refractivity contribution is 7.16. The van der Waals surface area contributed by atoms with Gasteiger partial charge in [0, 0.05) is 11.5 Å². The lowest BCUT2D eigenvalue weighted by atomic mass is 10.1. The summed E-state index contributed by atoms with van der Waals surface area (Å²) in [7, 11) is 0. The van der Waals surface area contributed by atoms with Crippen LogP contribution in [0.1, 0.15) is 42.2 Å². The minimum Gasteiger partial charge on any atom is -0.489 e. The molecular weight excluding hydrogens is 322 g/mol. The Morgan fingerprint density at radius 2 is 2.08 bits per heavy atom. The molecule has 5 nitrogen and oxygen atoms in total. The van der Waals surface area contributed by atoms with Gasteiger partial charge in [0.1, 0.15) is 28.8 Å². The van der Waals surface area contributed by atoms with Gasteiger partial charge in [-0.25, -0.2) is 4.98 Å². The molecule has 0 radical (unpaired) electrons. The number of carbonyl (C=O) groups excluding carboxylic acids is 1. The zero-order valence-corrected chi connectivity index (χ0v) is 14.8. The zero-order valence-electron chi connectivity index (χ0n) is 13.9. The van der Waals surface area contributed by atoms with Crippen LogP contribution < -0.4 is 4.74 Å². The van der Waals surface area contributed by atoms with E-state index in [-0.39, 0.29) is 0 Å². The van der Waals surface area contributed by atoms with E-state index in [9.17, 15) is 4.79 Å². The van der Waals surface area contributed by atoms with Crippen molar-refractivity contribution in [3.8, 4) is 17.0 Å². The van der Waals surface area contributed by atoms with E-state index in [0.717, 1.165) is 33.1 Å². The Hall–Kier alpha value is -2.47. The van der Waals surface area contributed by atoms with Gasteiger partial charge in [0.25, 0.3) is 0 Å². The van der Waals surface area contributed by atoms with E-state index in [1.54, 1.807) is 4.52 Å². The minimum absolute atomic E-state index is 0.310. The van der Waals surface area contributed by atoms with E-state index in [1.165, 1.54) is 11.3 Å². The molecule has 0 spiro atoms. The summed E-state index contributed by atoms with van der Waals surface area (Å²) in [6.45, 7) is 10.4. The van der Waals surface area contributed by atoms with Gasteiger partial charge in [0.15, 0.2) is 6.29 Å². The molecule has 0 bridgehead atoms. The van der Waals surface area contributed by atoms with Crippen molar-refractivity contribution in [1.29, 1.82) is 0 Å². The van der Waals surface area contributed by atoms with Crippen molar-refractivity contribution >= 4 is 22.6 Å². The van der Waals surface area contributed by atoms with Gasteiger partial charge in [-0.05, 0) is 36.8 Å². The first-order chi connectivity index (χ1) is 11.5. The molecule has 24 heavy (non-hydrogen) atoms. The highest BCUT2D eigenvalue weighted by Crippen LogP contribution is 2.29. The first-order valence-corrected chi connectivity index (χ1v) is 8.53. The molecule has 124 valence electrons. The van der Waals surface area contributed by atoms with Gasteiger partial charge in [0.05, 0.1) is 0 Å². The average Bonchev–Trinajstić information content (AvgIpc) is 3.10. The highest BCUT2D eigenvalue weighted by Gasteiger charge is 2.18. The average molecular weight is 341 g/mol. The molecule has 6 heteroatoms. The second-order valence-corrected chi connectivity index (χ2v) is 7.01. The number of benzene rings is 1. The van der Waals surface area contributed by atoms with Crippen molar-refractivity contribution in [2.24, 2.45) is 0 Å². The van der Waals surface area contributed by atoms with Crippen LogP contribution in [0.25, 0.3) is 16.2 Å². The molecule has 0 aliphatic carbocycles. The van der Waals surface area contributed by atoms with Gasteiger partial charge in [0.2, 0.25) is 4.96 Å². The zero-order chi connectivity index (χ0) is 17.3. The molecule has 0 aliphatic heterocycles. The largest absolute Gasteiger partial charge is 0.489 e.